The molecule has 20 heteroatoms. The SMILES string of the molecule is C.C.CC(C)c1cc(COc2ccc(-c3ccc(C(=O)O)cc3Cl)cc2)n(-c2c(Cl)cccc2Cl)n1.CC(C)c1cc(COc2ccc(Br)cc2)n(-c2c(Cl)cccc2Cl)n1.O=C(O)c1ccc(B(O)O)c(Cl)c1. The summed E-state index contributed by atoms with van der Waals surface area (Å²) in [5.74, 6) is -0.179. The van der Waals surface area contributed by atoms with Crippen molar-refractivity contribution in [1.29, 1.82) is 0 Å². The predicted octanol–water partition coefficient (Wildman–Crippen LogP) is 15.5. The highest BCUT2D eigenvalue weighted by atomic mass is 79.9. The lowest BCUT2D eigenvalue weighted by molar-refractivity contribution is 0.0686. The van der Waals surface area contributed by atoms with Crippen LogP contribution in [0.3, 0.4) is 0 Å². The van der Waals surface area contributed by atoms with Crippen molar-refractivity contribution in [2.45, 2.75) is 67.6 Å². The van der Waals surface area contributed by atoms with Gasteiger partial charge in [-0.2, -0.15) is 10.2 Å². The zero-order valence-corrected chi connectivity index (χ0v) is 44.8. The molecule has 74 heavy (non-hydrogen) atoms. The zero-order valence-electron chi connectivity index (χ0n) is 38.7. The Labute approximate surface area is 469 Å². The van der Waals surface area contributed by atoms with Crippen LogP contribution in [0.15, 0.2) is 138 Å². The van der Waals surface area contributed by atoms with E-state index in [2.05, 4.69) is 48.7 Å². The van der Waals surface area contributed by atoms with Gasteiger partial charge < -0.3 is 29.7 Å². The molecule has 8 aromatic rings. The highest BCUT2D eigenvalue weighted by Crippen LogP contribution is 2.34. The molecule has 4 N–H and O–H groups in total. The third-order valence-corrected chi connectivity index (χ3v) is 13.0. The lowest BCUT2D eigenvalue weighted by Crippen LogP contribution is -2.30. The van der Waals surface area contributed by atoms with Crippen molar-refractivity contribution in [3.8, 4) is 34.0 Å². The van der Waals surface area contributed by atoms with Crippen LogP contribution in [0.25, 0.3) is 22.5 Å². The minimum Gasteiger partial charge on any atom is -0.487 e. The summed E-state index contributed by atoms with van der Waals surface area (Å²) in [5, 5.41) is 47.1. The van der Waals surface area contributed by atoms with Crippen LogP contribution in [0.5, 0.6) is 11.5 Å². The van der Waals surface area contributed by atoms with E-state index >= 15 is 0 Å². The van der Waals surface area contributed by atoms with Gasteiger partial charge in [-0.25, -0.2) is 19.0 Å². The average molecular weight is 1190 g/mol. The van der Waals surface area contributed by atoms with Crippen LogP contribution in [0.2, 0.25) is 30.1 Å². The number of hydrogen-bond donors (Lipinski definition) is 4. The van der Waals surface area contributed by atoms with Crippen molar-refractivity contribution in [1.82, 2.24) is 19.6 Å². The fraction of sp³-hybridized carbons (Fsp3) is 0.185. The Morgan fingerprint density at radius 2 is 0.946 bits per heavy atom. The van der Waals surface area contributed by atoms with Gasteiger partial charge in [-0.1, -0.05) is 164 Å². The molecule has 0 aliphatic carbocycles. The zero-order chi connectivity index (χ0) is 52.4. The van der Waals surface area contributed by atoms with Crippen LogP contribution in [-0.4, -0.2) is 58.9 Å². The molecular weight excluding hydrogens is 1140 g/mol. The maximum absolute atomic E-state index is 11.1. The van der Waals surface area contributed by atoms with Crippen LogP contribution in [0.1, 0.15) is 97.9 Å². The minimum atomic E-state index is -1.68. The first-order valence-corrected chi connectivity index (χ1v) is 24.9. The number of hydrogen-bond acceptors (Lipinski definition) is 8. The van der Waals surface area contributed by atoms with E-state index in [0.717, 1.165) is 44.1 Å². The Morgan fingerprint density at radius 3 is 1.31 bits per heavy atom. The Balaban J connectivity index is 0.000000260. The van der Waals surface area contributed by atoms with Crippen LogP contribution in [0, 0.1) is 0 Å². The predicted molar refractivity (Wildman–Crippen MR) is 304 cm³/mol. The van der Waals surface area contributed by atoms with E-state index in [-0.39, 0.29) is 54.9 Å². The molecule has 0 unspecified atom stereocenters. The van der Waals surface area contributed by atoms with E-state index in [0.29, 0.717) is 48.8 Å². The molecule has 0 radical (unpaired) electrons. The van der Waals surface area contributed by atoms with E-state index in [9.17, 15) is 9.59 Å². The van der Waals surface area contributed by atoms with Crippen molar-refractivity contribution in [3.05, 3.63) is 202 Å². The molecule has 8 rings (SSSR count). The molecule has 0 saturated carbocycles. The number of carboxylic acid groups (broad SMARTS) is 2. The van der Waals surface area contributed by atoms with E-state index in [1.807, 2.05) is 66.7 Å². The summed E-state index contributed by atoms with van der Waals surface area (Å²) in [6.07, 6.45) is 0. The molecule has 2 aromatic heterocycles. The van der Waals surface area contributed by atoms with Gasteiger partial charge in [0.2, 0.25) is 0 Å². The fourth-order valence-electron chi connectivity index (χ4n) is 6.75. The molecule has 0 aliphatic heterocycles. The second-order valence-electron chi connectivity index (χ2n) is 16.4. The molecule has 0 fully saturated rings. The van der Waals surface area contributed by atoms with Crippen molar-refractivity contribution < 1.29 is 39.3 Å². The number of carbonyl (C=O) groups is 2. The van der Waals surface area contributed by atoms with Crippen LogP contribution in [0.4, 0.5) is 0 Å². The fourth-order valence-corrected chi connectivity index (χ4v) is 8.70. The molecule has 0 saturated heterocycles. The summed E-state index contributed by atoms with van der Waals surface area (Å²) in [6, 6.07) is 38.3. The van der Waals surface area contributed by atoms with Crippen molar-refractivity contribution in [2.75, 3.05) is 0 Å². The number of benzene rings is 6. The first kappa shape index (κ1) is 61.0. The number of aromatic carboxylic acids is 2. The van der Waals surface area contributed by atoms with E-state index in [4.69, 9.17) is 104 Å². The summed E-state index contributed by atoms with van der Waals surface area (Å²) in [6.45, 7) is 8.95. The third kappa shape index (κ3) is 15.8. The number of carboxylic acids is 2. The largest absolute Gasteiger partial charge is 0.489 e. The lowest BCUT2D eigenvalue weighted by Gasteiger charge is -2.12. The quantitative estimate of drug-likeness (QED) is 0.0769. The maximum atomic E-state index is 11.1. The minimum absolute atomic E-state index is 0. The maximum Gasteiger partial charge on any atom is 0.489 e. The van der Waals surface area contributed by atoms with Gasteiger partial charge in [0.25, 0.3) is 0 Å². The molecule has 0 aliphatic rings. The lowest BCUT2D eigenvalue weighted by atomic mass is 9.80. The molecule has 6 aromatic carbocycles. The molecule has 0 bridgehead atoms. The summed E-state index contributed by atoms with van der Waals surface area (Å²) in [5.41, 5.74) is 6.70. The van der Waals surface area contributed by atoms with Gasteiger partial charge >= 0.3 is 19.1 Å². The van der Waals surface area contributed by atoms with Crippen LogP contribution >= 0.6 is 85.5 Å². The van der Waals surface area contributed by atoms with Gasteiger partial charge in [0.15, 0.2) is 0 Å². The summed E-state index contributed by atoms with van der Waals surface area (Å²) >= 11 is 40.9. The summed E-state index contributed by atoms with van der Waals surface area (Å²) < 4.78 is 16.5. The highest BCUT2D eigenvalue weighted by molar-refractivity contribution is 9.10. The van der Waals surface area contributed by atoms with Gasteiger partial charge in [-0.05, 0) is 114 Å². The van der Waals surface area contributed by atoms with E-state index in [1.54, 1.807) is 45.8 Å². The molecule has 0 atom stereocenters. The van der Waals surface area contributed by atoms with Crippen molar-refractivity contribution in [3.63, 3.8) is 0 Å². The highest BCUT2D eigenvalue weighted by Gasteiger charge is 2.20. The van der Waals surface area contributed by atoms with Crippen molar-refractivity contribution in [2.24, 2.45) is 0 Å². The normalized spacial score (nSPS) is 10.6. The smallest absolute Gasteiger partial charge is 0.487 e. The van der Waals surface area contributed by atoms with Gasteiger partial charge in [0.05, 0.1) is 54.0 Å². The number of nitrogens with zero attached hydrogens (tertiary/aromatic N) is 4. The molecular formula is C54H52BBrCl6N4O8. The second kappa shape index (κ2) is 27.9. The average Bonchev–Trinajstić information content (AvgIpc) is 3.96. The third-order valence-electron chi connectivity index (χ3n) is 10.6. The van der Waals surface area contributed by atoms with Gasteiger partial charge in [-0.15, -0.1) is 0 Å². The Hall–Kier alpha value is -5.52. The van der Waals surface area contributed by atoms with Crippen LogP contribution in [-0.2, 0) is 13.2 Å². The Kier molecular flexibility index (Phi) is 23.0. The molecule has 0 spiro atoms. The monoisotopic (exact) mass is 1180 g/mol. The van der Waals surface area contributed by atoms with Crippen molar-refractivity contribution >= 4 is 110 Å². The number of ether oxygens (including phenoxy) is 2. The van der Waals surface area contributed by atoms with Crippen LogP contribution < -0.4 is 14.9 Å². The molecule has 12 nitrogen and oxygen atoms in total. The Bertz CT molecular complexity index is 3150. The van der Waals surface area contributed by atoms with Gasteiger partial charge in [-0.3, -0.25) is 0 Å². The first-order chi connectivity index (χ1) is 34.2. The van der Waals surface area contributed by atoms with Gasteiger partial charge in [0.1, 0.15) is 36.1 Å². The molecule has 0 amide bonds. The summed E-state index contributed by atoms with van der Waals surface area (Å²) in [4.78, 5) is 21.6. The van der Waals surface area contributed by atoms with E-state index < -0.39 is 19.1 Å². The standard InChI is InChI=1S/C26H21Cl3N2O3.C19H17BrCl2N2O.C7H6BClO4.2CH4/c1-15(2)24-13-18(31(30-24)25-21(27)4-3-5-22(25)28)14-34-19-9-6-16(7-10-19)20-11-8-17(26(32)33)12-23(20)29;1-12(2)18-10-14(11-25-15-8-6-13(20)7-9-15)24(23-18)19-16(21)4-3-5-17(19)22;9-6-3-4(7(10)11)1-2-5(6)8(12)13;;/h3-13,15H,14H2,1-2H3,(H,32,33);3-10,12H,11H2,1-2H3;1-3,12-13H,(H,10,11);2*1H4. The number of halogens is 7. The number of rotatable bonds is 14. The topological polar surface area (TPSA) is 169 Å². The number of para-hydroxylation sites is 2. The second-order valence-corrected chi connectivity index (χ2v) is 19.7. The van der Waals surface area contributed by atoms with E-state index in [1.165, 1.54) is 30.3 Å². The summed E-state index contributed by atoms with van der Waals surface area (Å²) in [7, 11) is -1.68. The molecule has 388 valence electrons. The molecule has 2 heterocycles. The van der Waals surface area contributed by atoms with Gasteiger partial charge in [0, 0.05) is 25.5 Å². The first-order valence-electron chi connectivity index (χ1n) is 21.8. The Morgan fingerprint density at radius 1 is 0.554 bits per heavy atom. The number of aromatic nitrogens is 4.